The summed E-state index contributed by atoms with van der Waals surface area (Å²) < 4.78 is 1.67. The van der Waals surface area contributed by atoms with E-state index in [4.69, 9.17) is 11.6 Å². The Bertz CT molecular complexity index is 957. The van der Waals surface area contributed by atoms with Crippen molar-refractivity contribution < 1.29 is 0 Å². The molecule has 5 heteroatoms. The van der Waals surface area contributed by atoms with Gasteiger partial charge in [-0.3, -0.25) is 9.36 Å². The zero-order valence-corrected chi connectivity index (χ0v) is 15.1. The molecule has 0 radical (unpaired) electrons. The summed E-state index contributed by atoms with van der Waals surface area (Å²) in [7, 11) is 0. The maximum absolute atomic E-state index is 13.0. The molecule has 0 saturated carbocycles. The first-order chi connectivity index (χ1) is 11.6. The van der Waals surface area contributed by atoms with Gasteiger partial charge in [-0.2, -0.15) is 0 Å². The van der Waals surface area contributed by atoms with Gasteiger partial charge < -0.3 is 0 Å². The largest absolute Gasteiger partial charge is 0.268 e. The van der Waals surface area contributed by atoms with Gasteiger partial charge in [-0.05, 0) is 38.1 Å². The summed E-state index contributed by atoms with van der Waals surface area (Å²) in [5.41, 5.74) is 2.62. The molecule has 0 saturated heterocycles. The molecule has 0 amide bonds. The predicted octanol–water partition coefficient (Wildman–Crippen LogP) is 4.93. The second-order valence-electron chi connectivity index (χ2n) is 5.49. The second-order valence-corrected chi connectivity index (χ2v) is 7.07. The predicted molar refractivity (Wildman–Crippen MR) is 102 cm³/mol. The molecule has 0 spiro atoms. The molecule has 0 aliphatic heterocycles. The van der Waals surface area contributed by atoms with Crippen molar-refractivity contribution in [1.29, 1.82) is 0 Å². The topological polar surface area (TPSA) is 34.9 Å². The van der Waals surface area contributed by atoms with Gasteiger partial charge in [-0.1, -0.05) is 59.3 Å². The fourth-order valence-corrected chi connectivity index (χ4v) is 3.49. The standard InChI is InChI=1S/C19H17ClN2OS/c1-13-7-9-15(10-8-13)22-18(23)16-5-3-4-6-17(16)21-19(22)24-12-11-14(2)20/h3-11H,12H2,1-2H3/b14-11-. The van der Waals surface area contributed by atoms with Crippen LogP contribution in [-0.4, -0.2) is 15.3 Å². The minimum atomic E-state index is -0.0569. The minimum absolute atomic E-state index is 0.0569. The third-order valence-electron chi connectivity index (χ3n) is 3.61. The van der Waals surface area contributed by atoms with E-state index in [-0.39, 0.29) is 5.56 Å². The number of rotatable bonds is 4. The van der Waals surface area contributed by atoms with Gasteiger partial charge in [0.1, 0.15) is 0 Å². The van der Waals surface area contributed by atoms with Crippen LogP contribution in [0, 0.1) is 6.92 Å². The molecular formula is C19H17ClN2OS. The van der Waals surface area contributed by atoms with Crippen molar-refractivity contribution in [2.75, 3.05) is 5.75 Å². The molecule has 3 nitrogen and oxygen atoms in total. The van der Waals surface area contributed by atoms with E-state index in [0.29, 0.717) is 21.8 Å². The molecule has 1 aromatic heterocycles. The van der Waals surface area contributed by atoms with Crippen LogP contribution in [0.4, 0.5) is 0 Å². The van der Waals surface area contributed by atoms with Crippen LogP contribution in [0.3, 0.4) is 0 Å². The number of nitrogens with zero attached hydrogens (tertiary/aromatic N) is 2. The lowest BCUT2D eigenvalue weighted by Crippen LogP contribution is -2.21. The molecule has 0 N–H and O–H groups in total. The lowest BCUT2D eigenvalue weighted by atomic mass is 10.2. The monoisotopic (exact) mass is 356 g/mol. The van der Waals surface area contributed by atoms with Crippen LogP contribution in [0.1, 0.15) is 12.5 Å². The number of halogens is 1. The molecule has 1 heterocycles. The average Bonchev–Trinajstić information content (AvgIpc) is 2.56. The number of fused-ring (bicyclic) bond motifs is 1. The Morgan fingerprint density at radius 3 is 2.62 bits per heavy atom. The second kappa shape index (κ2) is 7.24. The number of benzene rings is 2. The number of thioether (sulfide) groups is 1. The summed E-state index contributed by atoms with van der Waals surface area (Å²) in [6, 6.07) is 15.3. The summed E-state index contributed by atoms with van der Waals surface area (Å²) in [4.78, 5) is 17.7. The molecule has 0 aliphatic carbocycles. The molecular weight excluding hydrogens is 340 g/mol. The van der Waals surface area contributed by atoms with E-state index >= 15 is 0 Å². The lowest BCUT2D eigenvalue weighted by Gasteiger charge is -2.13. The SMILES string of the molecule is C/C(Cl)=C/CSc1nc2ccccc2c(=O)n1-c1ccc(C)cc1. The zero-order valence-electron chi connectivity index (χ0n) is 13.5. The molecule has 24 heavy (non-hydrogen) atoms. The van der Waals surface area contributed by atoms with Gasteiger partial charge in [0.05, 0.1) is 16.6 Å². The van der Waals surface area contributed by atoms with Gasteiger partial charge in [0, 0.05) is 10.8 Å². The molecule has 0 fully saturated rings. The Morgan fingerprint density at radius 1 is 1.21 bits per heavy atom. The van der Waals surface area contributed by atoms with E-state index in [1.807, 2.05) is 68.5 Å². The van der Waals surface area contributed by atoms with Crippen LogP contribution < -0.4 is 5.56 Å². The average molecular weight is 357 g/mol. The van der Waals surface area contributed by atoms with Crippen molar-refractivity contribution in [3.63, 3.8) is 0 Å². The van der Waals surface area contributed by atoms with Crippen molar-refractivity contribution in [1.82, 2.24) is 9.55 Å². The van der Waals surface area contributed by atoms with Crippen LogP contribution in [0.2, 0.25) is 0 Å². The van der Waals surface area contributed by atoms with E-state index in [1.54, 1.807) is 4.57 Å². The third kappa shape index (κ3) is 3.55. The highest BCUT2D eigenvalue weighted by molar-refractivity contribution is 7.99. The van der Waals surface area contributed by atoms with E-state index < -0.39 is 0 Å². The Hall–Kier alpha value is -2.04. The normalized spacial score (nSPS) is 11.9. The van der Waals surface area contributed by atoms with E-state index in [2.05, 4.69) is 4.98 Å². The fourth-order valence-electron chi connectivity index (χ4n) is 2.36. The maximum atomic E-state index is 13.0. The molecule has 3 rings (SSSR count). The van der Waals surface area contributed by atoms with E-state index in [1.165, 1.54) is 11.8 Å². The quantitative estimate of drug-likeness (QED) is 0.491. The molecule has 0 atom stereocenters. The number of aryl methyl sites for hydroxylation is 1. The molecule has 122 valence electrons. The van der Waals surface area contributed by atoms with E-state index in [9.17, 15) is 4.79 Å². The van der Waals surface area contributed by atoms with Crippen LogP contribution in [0.25, 0.3) is 16.6 Å². The van der Waals surface area contributed by atoms with Gasteiger partial charge in [0.25, 0.3) is 5.56 Å². The van der Waals surface area contributed by atoms with Gasteiger partial charge >= 0.3 is 0 Å². The Labute approximate surface area is 150 Å². The summed E-state index contributed by atoms with van der Waals surface area (Å²) in [5.74, 6) is 0.659. The van der Waals surface area contributed by atoms with Crippen LogP contribution in [0.5, 0.6) is 0 Å². The number of aromatic nitrogens is 2. The molecule has 0 unspecified atom stereocenters. The van der Waals surface area contributed by atoms with Gasteiger partial charge in [-0.25, -0.2) is 4.98 Å². The van der Waals surface area contributed by atoms with Gasteiger partial charge in [-0.15, -0.1) is 0 Å². The Balaban J connectivity index is 2.19. The Morgan fingerprint density at radius 2 is 1.92 bits per heavy atom. The molecule has 3 aromatic rings. The number of para-hydroxylation sites is 1. The van der Waals surface area contributed by atoms with Crippen molar-refractivity contribution in [3.05, 3.63) is 75.6 Å². The molecule has 2 aromatic carbocycles. The van der Waals surface area contributed by atoms with Crippen molar-refractivity contribution in [2.45, 2.75) is 19.0 Å². The van der Waals surface area contributed by atoms with Gasteiger partial charge in [0.2, 0.25) is 0 Å². The first kappa shape index (κ1) is 16.8. The third-order valence-corrected chi connectivity index (χ3v) is 4.63. The highest BCUT2D eigenvalue weighted by atomic mass is 35.5. The number of hydrogen-bond acceptors (Lipinski definition) is 3. The highest BCUT2D eigenvalue weighted by Crippen LogP contribution is 2.22. The Kier molecular flexibility index (Phi) is 5.07. The van der Waals surface area contributed by atoms with E-state index in [0.717, 1.165) is 16.3 Å². The zero-order chi connectivity index (χ0) is 17.1. The van der Waals surface area contributed by atoms with Crippen LogP contribution in [-0.2, 0) is 0 Å². The van der Waals surface area contributed by atoms with Crippen molar-refractivity contribution in [3.8, 4) is 5.69 Å². The van der Waals surface area contributed by atoms with Crippen LogP contribution in [0.15, 0.2) is 69.6 Å². The van der Waals surface area contributed by atoms with Crippen LogP contribution >= 0.6 is 23.4 Å². The fraction of sp³-hybridized carbons (Fsp3) is 0.158. The highest BCUT2D eigenvalue weighted by Gasteiger charge is 2.12. The van der Waals surface area contributed by atoms with Crippen molar-refractivity contribution in [2.24, 2.45) is 0 Å². The smallest absolute Gasteiger partial charge is 0.266 e. The van der Waals surface area contributed by atoms with Crippen molar-refractivity contribution >= 4 is 34.3 Å². The first-order valence-corrected chi connectivity index (χ1v) is 8.96. The molecule has 0 bridgehead atoms. The molecule has 0 aliphatic rings. The first-order valence-electron chi connectivity index (χ1n) is 7.60. The summed E-state index contributed by atoms with van der Waals surface area (Å²) in [5, 5.41) is 2.01. The lowest BCUT2D eigenvalue weighted by molar-refractivity contribution is 0.820. The maximum Gasteiger partial charge on any atom is 0.266 e. The summed E-state index contributed by atoms with van der Waals surface area (Å²) in [6.07, 6.45) is 1.91. The number of hydrogen-bond donors (Lipinski definition) is 0. The summed E-state index contributed by atoms with van der Waals surface area (Å²) >= 11 is 7.40. The summed E-state index contributed by atoms with van der Waals surface area (Å²) in [6.45, 7) is 3.86. The number of allylic oxidation sites excluding steroid dienone is 1. The van der Waals surface area contributed by atoms with Gasteiger partial charge in [0.15, 0.2) is 5.16 Å². The minimum Gasteiger partial charge on any atom is -0.268 e.